The molecule has 0 spiro atoms. The van der Waals surface area contributed by atoms with Crippen molar-refractivity contribution in [3.63, 3.8) is 0 Å². The van der Waals surface area contributed by atoms with Crippen molar-refractivity contribution in [1.82, 2.24) is 0 Å². The molecule has 8 aromatic rings. The van der Waals surface area contributed by atoms with Gasteiger partial charge in [-0.3, -0.25) is 0 Å². The lowest BCUT2D eigenvalue weighted by atomic mass is 9.98. The van der Waals surface area contributed by atoms with Gasteiger partial charge < -0.3 is 9.64 Å². The average Bonchev–Trinajstić information content (AvgIpc) is 3.58. The minimum Gasteiger partial charge on any atom is -0.453 e. The molecule has 0 bridgehead atoms. The summed E-state index contributed by atoms with van der Waals surface area (Å²) in [6.07, 6.45) is 0. The van der Waals surface area contributed by atoms with Crippen molar-refractivity contribution < 1.29 is 4.74 Å². The molecule has 0 N–H and O–H groups in total. The van der Waals surface area contributed by atoms with Crippen molar-refractivity contribution in [3.05, 3.63) is 127 Å². The summed E-state index contributed by atoms with van der Waals surface area (Å²) in [7, 11) is 0. The lowest BCUT2D eigenvalue weighted by Crippen LogP contribution is -2.15. The van der Waals surface area contributed by atoms with Crippen LogP contribution in [0.25, 0.3) is 51.5 Å². The van der Waals surface area contributed by atoms with Gasteiger partial charge in [0.15, 0.2) is 11.5 Å². The Kier molecular flexibility index (Phi) is 4.68. The second kappa shape index (κ2) is 8.43. The van der Waals surface area contributed by atoms with E-state index in [1.165, 1.54) is 51.5 Å². The molecule has 1 aliphatic heterocycles. The monoisotopic (exact) mass is 547 g/mol. The molecule has 9 rings (SSSR count). The maximum atomic E-state index is 6.22. The quantitative estimate of drug-likeness (QED) is 0.213. The summed E-state index contributed by atoms with van der Waals surface area (Å²) in [4.78, 5) is 2.29. The molecule has 0 saturated heterocycles. The molecule has 0 radical (unpaired) electrons. The molecule has 3 heterocycles. The van der Waals surface area contributed by atoms with Gasteiger partial charge in [0.25, 0.3) is 0 Å². The molecule has 0 amide bonds. The van der Waals surface area contributed by atoms with E-state index in [1.54, 1.807) is 0 Å². The summed E-state index contributed by atoms with van der Waals surface area (Å²) in [6, 6.07) is 45.6. The molecule has 40 heavy (non-hydrogen) atoms. The van der Waals surface area contributed by atoms with Crippen LogP contribution in [0.2, 0.25) is 0 Å². The van der Waals surface area contributed by atoms with Crippen molar-refractivity contribution in [2.75, 3.05) is 4.90 Å². The fourth-order valence-corrected chi connectivity index (χ4v) is 8.56. The Balaban J connectivity index is 1.24. The van der Waals surface area contributed by atoms with Crippen molar-refractivity contribution >= 4 is 80.1 Å². The number of hydrogen-bond acceptors (Lipinski definition) is 4. The molecule has 0 aliphatic carbocycles. The Morgan fingerprint density at radius 3 is 1.95 bits per heavy atom. The second-order valence-corrected chi connectivity index (χ2v) is 12.3. The van der Waals surface area contributed by atoms with Crippen molar-refractivity contribution in [3.8, 4) is 22.6 Å². The Morgan fingerprint density at radius 2 is 1.15 bits per heavy atom. The molecule has 2 nitrogen and oxygen atoms in total. The number of thiophene rings is 2. The van der Waals surface area contributed by atoms with Crippen LogP contribution in [0.3, 0.4) is 0 Å². The van der Waals surface area contributed by atoms with Crippen LogP contribution in [0, 0.1) is 0 Å². The first-order chi connectivity index (χ1) is 19.8. The number of ether oxygens (including phenoxy) is 1. The highest BCUT2D eigenvalue weighted by Crippen LogP contribution is 2.51. The average molecular weight is 548 g/mol. The zero-order valence-corrected chi connectivity index (χ0v) is 22.9. The van der Waals surface area contributed by atoms with Gasteiger partial charge in [0.1, 0.15) is 0 Å². The third-order valence-corrected chi connectivity index (χ3v) is 10.2. The Morgan fingerprint density at radius 1 is 0.475 bits per heavy atom. The molecule has 4 heteroatoms. The zero-order chi connectivity index (χ0) is 26.2. The third kappa shape index (κ3) is 3.15. The molecule has 0 fully saturated rings. The Bertz CT molecular complexity index is 2210. The van der Waals surface area contributed by atoms with Crippen LogP contribution in [0.4, 0.5) is 17.1 Å². The Hall–Kier alpha value is -4.64. The van der Waals surface area contributed by atoms with Gasteiger partial charge in [-0.2, -0.15) is 0 Å². The maximum Gasteiger partial charge on any atom is 0.151 e. The number of fused-ring (bicyclic) bond motifs is 9. The van der Waals surface area contributed by atoms with Gasteiger partial charge in [0, 0.05) is 46.0 Å². The summed E-state index contributed by atoms with van der Waals surface area (Å²) in [5.74, 6) is 1.74. The first kappa shape index (κ1) is 22.2. The molecule has 1 aliphatic rings. The van der Waals surface area contributed by atoms with E-state index >= 15 is 0 Å². The van der Waals surface area contributed by atoms with Crippen LogP contribution in [0.1, 0.15) is 0 Å². The van der Waals surface area contributed by atoms with E-state index in [2.05, 4.69) is 108 Å². The number of hydrogen-bond donors (Lipinski definition) is 0. The third-order valence-electron chi connectivity index (χ3n) is 7.87. The number of rotatable bonds is 2. The van der Waals surface area contributed by atoms with Crippen LogP contribution in [-0.4, -0.2) is 0 Å². The topological polar surface area (TPSA) is 12.5 Å². The lowest BCUT2D eigenvalue weighted by molar-refractivity contribution is 0.477. The SMILES string of the molecule is c1ccc2c(c1)Oc1ccccc1N2c1ccc(-c2cccc3sc4ccc5c6ccccc6sc5c4c23)cc1. The number of para-hydroxylation sites is 4. The number of benzene rings is 6. The smallest absolute Gasteiger partial charge is 0.151 e. The summed E-state index contributed by atoms with van der Waals surface area (Å²) in [6.45, 7) is 0. The van der Waals surface area contributed by atoms with Gasteiger partial charge in [-0.1, -0.05) is 72.8 Å². The molecular weight excluding hydrogens is 527 g/mol. The molecule has 6 aromatic carbocycles. The van der Waals surface area contributed by atoms with Crippen molar-refractivity contribution in [1.29, 1.82) is 0 Å². The van der Waals surface area contributed by atoms with E-state index in [1.807, 2.05) is 46.9 Å². The summed E-state index contributed by atoms with van der Waals surface area (Å²) >= 11 is 3.80. The number of nitrogens with zero attached hydrogens (tertiary/aromatic N) is 1. The second-order valence-electron chi connectivity index (χ2n) is 10.1. The first-order valence-electron chi connectivity index (χ1n) is 13.4. The highest BCUT2D eigenvalue weighted by atomic mass is 32.1. The van der Waals surface area contributed by atoms with Gasteiger partial charge in [0.05, 0.1) is 11.4 Å². The van der Waals surface area contributed by atoms with Crippen LogP contribution < -0.4 is 9.64 Å². The first-order valence-corrected chi connectivity index (χ1v) is 15.0. The number of anilines is 3. The predicted octanol–water partition coefficient (Wildman–Crippen LogP) is 11.7. The fourth-order valence-electron chi connectivity index (χ4n) is 6.10. The molecule has 2 aromatic heterocycles. The summed E-state index contributed by atoms with van der Waals surface area (Å²) in [5, 5.41) is 5.43. The van der Waals surface area contributed by atoms with Crippen LogP contribution in [-0.2, 0) is 0 Å². The molecule has 0 saturated carbocycles. The van der Waals surface area contributed by atoms with Crippen LogP contribution in [0.15, 0.2) is 127 Å². The molecule has 0 atom stereocenters. The van der Waals surface area contributed by atoms with Gasteiger partial charge in [-0.05, 0) is 65.7 Å². The van der Waals surface area contributed by atoms with Crippen LogP contribution >= 0.6 is 22.7 Å². The van der Waals surface area contributed by atoms with Crippen LogP contribution in [0.5, 0.6) is 11.5 Å². The predicted molar refractivity (Wildman–Crippen MR) is 172 cm³/mol. The van der Waals surface area contributed by atoms with Gasteiger partial charge in [0.2, 0.25) is 0 Å². The maximum absolute atomic E-state index is 6.22. The van der Waals surface area contributed by atoms with E-state index in [0.717, 1.165) is 28.6 Å². The molecular formula is C36H21NOS2. The van der Waals surface area contributed by atoms with Gasteiger partial charge >= 0.3 is 0 Å². The van der Waals surface area contributed by atoms with E-state index in [4.69, 9.17) is 4.74 Å². The van der Waals surface area contributed by atoms with Gasteiger partial charge in [-0.25, -0.2) is 0 Å². The Labute approximate surface area is 238 Å². The standard InChI is InChI=1S/C36H21NOS2/c1-6-14-31-25(8-1)26-20-21-33-35(36(26)40-31)34-24(9-7-15-32(34)39-33)22-16-18-23(19-17-22)37-27-10-2-4-12-29(27)38-30-13-5-3-11-28(30)37/h1-21H. The minimum atomic E-state index is 0.868. The summed E-state index contributed by atoms with van der Waals surface area (Å²) < 4.78 is 11.6. The van der Waals surface area contributed by atoms with Gasteiger partial charge in [-0.15, -0.1) is 22.7 Å². The largest absolute Gasteiger partial charge is 0.453 e. The summed E-state index contributed by atoms with van der Waals surface area (Å²) in [5.41, 5.74) is 5.71. The minimum absolute atomic E-state index is 0.868. The highest BCUT2D eigenvalue weighted by Gasteiger charge is 2.25. The zero-order valence-electron chi connectivity index (χ0n) is 21.3. The van der Waals surface area contributed by atoms with Crippen molar-refractivity contribution in [2.24, 2.45) is 0 Å². The molecule has 188 valence electrons. The normalized spacial score (nSPS) is 12.7. The highest BCUT2D eigenvalue weighted by molar-refractivity contribution is 7.29. The van der Waals surface area contributed by atoms with E-state index in [0.29, 0.717) is 0 Å². The van der Waals surface area contributed by atoms with E-state index in [-0.39, 0.29) is 0 Å². The van der Waals surface area contributed by atoms with E-state index < -0.39 is 0 Å². The van der Waals surface area contributed by atoms with Crippen molar-refractivity contribution in [2.45, 2.75) is 0 Å². The van der Waals surface area contributed by atoms with E-state index in [9.17, 15) is 0 Å². The lowest BCUT2D eigenvalue weighted by Gasteiger charge is -2.32. The molecule has 0 unspecified atom stereocenters. The fraction of sp³-hybridized carbons (Fsp3) is 0.